The molecule has 0 saturated carbocycles. The predicted molar refractivity (Wildman–Crippen MR) is 123 cm³/mol. The summed E-state index contributed by atoms with van der Waals surface area (Å²) in [4.78, 5) is 15.1. The summed E-state index contributed by atoms with van der Waals surface area (Å²) in [6, 6.07) is 23.2. The first-order valence-corrected chi connectivity index (χ1v) is 10.8. The zero-order valence-electron chi connectivity index (χ0n) is 18.4. The first kappa shape index (κ1) is 21.6. The van der Waals surface area contributed by atoms with Crippen LogP contribution in [0.25, 0.3) is 0 Å². The largest absolute Gasteiger partial charge is 0.497 e. The topological polar surface area (TPSA) is 60.0 Å². The van der Waals surface area contributed by atoms with Gasteiger partial charge in [-0.05, 0) is 47.9 Å². The van der Waals surface area contributed by atoms with Crippen LogP contribution in [0.4, 0.5) is 4.79 Å². The zero-order chi connectivity index (χ0) is 22.3. The van der Waals surface area contributed by atoms with Gasteiger partial charge in [-0.25, -0.2) is 4.79 Å². The number of amides is 2. The van der Waals surface area contributed by atoms with Gasteiger partial charge in [-0.1, -0.05) is 48.5 Å². The summed E-state index contributed by atoms with van der Waals surface area (Å²) in [6.07, 6.45) is 0. The van der Waals surface area contributed by atoms with Gasteiger partial charge in [0, 0.05) is 13.1 Å². The van der Waals surface area contributed by atoms with E-state index in [1.165, 1.54) is 0 Å². The fourth-order valence-electron chi connectivity index (χ4n) is 3.75. The number of nitrogens with zero attached hydrogens (tertiary/aromatic N) is 1. The zero-order valence-corrected chi connectivity index (χ0v) is 18.4. The van der Waals surface area contributed by atoms with Crippen molar-refractivity contribution in [2.24, 2.45) is 0 Å². The van der Waals surface area contributed by atoms with Crippen LogP contribution in [0.1, 0.15) is 29.7 Å². The number of rotatable bonds is 7. The molecule has 1 aliphatic heterocycles. The highest BCUT2D eigenvalue weighted by atomic mass is 16.6. The van der Waals surface area contributed by atoms with E-state index in [-0.39, 0.29) is 12.1 Å². The molecule has 1 N–H and O–H groups in total. The standard InChI is InChI=1S/C26H28N2O4/c1-3-28(18-19-9-14-23-24(17-19)32-16-15-31-23)26(29)27-25(20-7-5-4-6-8-20)21-10-12-22(30-2)13-11-21/h4-14,17,25H,3,15-16,18H2,1-2H3,(H,27,29). The quantitative estimate of drug-likeness (QED) is 0.583. The smallest absolute Gasteiger partial charge is 0.318 e. The van der Waals surface area contributed by atoms with Crippen LogP contribution in [0, 0.1) is 0 Å². The summed E-state index contributed by atoms with van der Waals surface area (Å²) >= 11 is 0. The van der Waals surface area contributed by atoms with Crippen LogP contribution < -0.4 is 19.5 Å². The molecule has 166 valence electrons. The van der Waals surface area contributed by atoms with E-state index < -0.39 is 0 Å². The fourth-order valence-corrected chi connectivity index (χ4v) is 3.75. The van der Waals surface area contributed by atoms with Gasteiger partial charge in [0.05, 0.1) is 13.2 Å². The summed E-state index contributed by atoms with van der Waals surface area (Å²) in [5.41, 5.74) is 2.99. The Morgan fingerprint density at radius 3 is 2.34 bits per heavy atom. The Balaban J connectivity index is 1.53. The van der Waals surface area contributed by atoms with E-state index in [4.69, 9.17) is 14.2 Å². The van der Waals surface area contributed by atoms with E-state index >= 15 is 0 Å². The number of urea groups is 1. The highest BCUT2D eigenvalue weighted by Crippen LogP contribution is 2.31. The van der Waals surface area contributed by atoms with Crippen LogP contribution in [0.3, 0.4) is 0 Å². The number of methoxy groups -OCH3 is 1. The van der Waals surface area contributed by atoms with Gasteiger partial charge in [-0.3, -0.25) is 0 Å². The van der Waals surface area contributed by atoms with Crippen LogP contribution >= 0.6 is 0 Å². The van der Waals surface area contributed by atoms with Crippen molar-refractivity contribution in [3.63, 3.8) is 0 Å². The molecule has 0 aliphatic carbocycles. The molecule has 4 rings (SSSR count). The molecule has 3 aromatic carbocycles. The Labute approximate surface area is 188 Å². The van der Waals surface area contributed by atoms with E-state index in [9.17, 15) is 4.79 Å². The number of nitrogens with one attached hydrogen (secondary N) is 1. The van der Waals surface area contributed by atoms with Gasteiger partial charge in [0.25, 0.3) is 0 Å². The Morgan fingerprint density at radius 1 is 0.969 bits per heavy atom. The molecule has 1 heterocycles. The Morgan fingerprint density at radius 2 is 1.66 bits per heavy atom. The minimum atomic E-state index is -0.274. The molecule has 0 radical (unpaired) electrons. The van der Waals surface area contributed by atoms with Crippen LogP contribution in [0.2, 0.25) is 0 Å². The second kappa shape index (κ2) is 10.1. The van der Waals surface area contributed by atoms with Gasteiger partial charge in [0.1, 0.15) is 19.0 Å². The van der Waals surface area contributed by atoms with Crippen LogP contribution in [0.15, 0.2) is 72.8 Å². The average molecular weight is 433 g/mol. The summed E-state index contributed by atoms with van der Waals surface area (Å²) in [6.45, 7) is 4.12. The van der Waals surface area contributed by atoms with Crippen molar-refractivity contribution in [2.45, 2.75) is 19.5 Å². The molecule has 32 heavy (non-hydrogen) atoms. The second-order valence-corrected chi connectivity index (χ2v) is 7.56. The number of hydrogen-bond acceptors (Lipinski definition) is 4. The third-order valence-electron chi connectivity index (χ3n) is 5.50. The number of carbonyl (C=O) groups is 1. The Kier molecular flexibility index (Phi) is 6.80. The molecule has 6 nitrogen and oxygen atoms in total. The van der Waals surface area contributed by atoms with Crippen LogP contribution in [0.5, 0.6) is 17.2 Å². The summed E-state index contributed by atoms with van der Waals surface area (Å²) < 4.78 is 16.6. The van der Waals surface area contributed by atoms with E-state index in [0.717, 1.165) is 33.9 Å². The lowest BCUT2D eigenvalue weighted by molar-refractivity contribution is 0.171. The van der Waals surface area contributed by atoms with Gasteiger partial charge >= 0.3 is 6.03 Å². The lowest BCUT2D eigenvalue weighted by Crippen LogP contribution is -2.41. The van der Waals surface area contributed by atoms with Crippen molar-refractivity contribution in [2.75, 3.05) is 26.9 Å². The number of benzene rings is 3. The first-order valence-electron chi connectivity index (χ1n) is 10.8. The molecule has 6 heteroatoms. The van der Waals surface area contributed by atoms with Crippen molar-refractivity contribution in [1.29, 1.82) is 0 Å². The predicted octanol–water partition coefficient (Wildman–Crippen LogP) is 4.79. The summed E-state index contributed by atoms with van der Waals surface area (Å²) in [5, 5.41) is 3.21. The number of hydrogen-bond donors (Lipinski definition) is 1. The van der Waals surface area contributed by atoms with Gasteiger partial charge in [-0.2, -0.15) is 0 Å². The third-order valence-corrected chi connectivity index (χ3v) is 5.50. The van der Waals surface area contributed by atoms with E-state index in [1.807, 2.05) is 79.7 Å². The fraction of sp³-hybridized carbons (Fsp3) is 0.269. The first-order chi connectivity index (χ1) is 15.7. The number of ether oxygens (including phenoxy) is 3. The monoisotopic (exact) mass is 432 g/mol. The molecule has 0 aromatic heterocycles. The maximum absolute atomic E-state index is 13.3. The lowest BCUT2D eigenvalue weighted by Gasteiger charge is -2.27. The normalized spacial score (nSPS) is 13.2. The van der Waals surface area contributed by atoms with Crippen molar-refractivity contribution < 1.29 is 19.0 Å². The van der Waals surface area contributed by atoms with Crippen molar-refractivity contribution in [3.8, 4) is 17.2 Å². The molecule has 0 fully saturated rings. The molecule has 0 bridgehead atoms. The molecule has 1 aliphatic rings. The molecular formula is C26H28N2O4. The Bertz CT molecular complexity index is 1040. The van der Waals surface area contributed by atoms with E-state index in [2.05, 4.69) is 5.32 Å². The SMILES string of the molecule is CCN(Cc1ccc2c(c1)OCCO2)C(=O)NC(c1ccccc1)c1ccc(OC)cc1. The van der Waals surface area contributed by atoms with Gasteiger partial charge in [0.15, 0.2) is 11.5 Å². The van der Waals surface area contributed by atoms with Crippen molar-refractivity contribution in [1.82, 2.24) is 10.2 Å². The third kappa shape index (κ3) is 4.97. The number of fused-ring (bicyclic) bond motifs is 1. The van der Waals surface area contributed by atoms with E-state index in [1.54, 1.807) is 12.0 Å². The molecule has 3 aromatic rings. The summed E-state index contributed by atoms with van der Waals surface area (Å²) in [5.74, 6) is 2.25. The second-order valence-electron chi connectivity index (χ2n) is 7.56. The highest BCUT2D eigenvalue weighted by molar-refractivity contribution is 5.75. The average Bonchev–Trinajstić information content (AvgIpc) is 2.86. The maximum Gasteiger partial charge on any atom is 0.318 e. The minimum absolute atomic E-state index is 0.132. The highest BCUT2D eigenvalue weighted by Gasteiger charge is 2.21. The van der Waals surface area contributed by atoms with Gasteiger partial charge < -0.3 is 24.4 Å². The molecular weight excluding hydrogens is 404 g/mol. The van der Waals surface area contributed by atoms with Crippen molar-refractivity contribution in [3.05, 3.63) is 89.5 Å². The summed E-state index contributed by atoms with van der Waals surface area (Å²) in [7, 11) is 1.64. The molecule has 2 amide bonds. The van der Waals surface area contributed by atoms with Crippen molar-refractivity contribution >= 4 is 6.03 Å². The van der Waals surface area contributed by atoms with Gasteiger partial charge in [-0.15, -0.1) is 0 Å². The molecule has 1 atom stereocenters. The van der Waals surface area contributed by atoms with E-state index in [0.29, 0.717) is 26.3 Å². The Hall–Kier alpha value is -3.67. The molecule has 0 saturated heterocycles. The van der Waals surface area contributed by atoms with Gasteiger partial charge in [0.2, 0.25) is 0 Å². The van der Waals surface area contributed by atoms with Crippen LogP contribution in [-0.4, -0.2) is 37.8 Å². The molecule has 1 unspecified atom stereocenters. The lowest BCUT2D eigenvalue weighted by atomic mass is 9.98. The number of carbonyl (C=O) groups excluding carboxylic acids is 1. The minimum Gasteiger partial charge on any atom is -0.497 e. The molecule has 0 spiro atoms. The maximum atomic E-state index is 13.3. The van der Waals surface area contributed by atoms with Crippen LogP contribution in [-0.2, 0) is 6.54 Å².